The molecule has 194 valence electrons. The lowest BCUT2D eigenvalue weighted by atomic mass is 10.0. The molecule has 1 aliphatic heterocycles. The molecule has 8 nitrogen and oxygen atoms in total. The molecular weight excluding hydrogens is 513 g/mol. The molecule has 0 atom stereocenters. The molecule has 0 unspecified atom stereocenters. The Balaban J connectivity index is 1.73. The van der Waals surface area contributed by atoms with Crippen LogP contribution in [0.15, 0.2) is 48.6 Å². The van der Waals surface area contributed by atoms with E-state index in [-0.39, 0.29) is 5.91 Å². The Morgan fingerprint density at radius 2 is 1.84 bits per heavy atom. The van der Waals surface area contributed by atoms with Gasteiger partial charge in [0.15, 0.2) is 5.69 Å². The predicted octanol–water partition coefficient (Wildman–Crippen LogP) is 5.65. The standard InChI is InChI=1S/C27H29Cl2N5O3/c1-17-15-19(28)8-11-23(17)34-26(18(2)25(31-34)27(37)32-33-13-4-3-5-14-33)21-10-9-20(16-22(21)29)30-12-6-7-24(35)36/h6-11,15-16,30H,3-5,12-14H2,1-2H3,(H,32,37)(H,35,36)/b7-6+. The topological polar surface area (TPSA) is 99.5 Å². The van der Waals surface area contributed by atoms with Crippen LogP contribution in [0.2, 0.25) is 10.0 Å². The van der Waals surface area contributed by atoms with Crippen LogP contribution in [-0.2, 0) is 4.79 Å². The number of piperidine rings is 1. The summed E-state index contributed by atoms with van der Waals surface area (Å²) in [5, 5.41) is 19.6. The van der Waals surface area contributed by atoms with Crippen molar-refractivity contribution in [3.63, 3.8) is 0 Å². The highest BCUT2D eigenvalue weighted by atomic mass is 35.5. The quantitative estimate of drug-likeness (QED) is 0.319. The van der Waals surface area contributed by atoms with Gasteiger partial charge in [0.25, 0.3) is 5.91 Å². The third kappa shape index (κ3) is 6.33. The van der Waals surface area contributed by atoms with Gasteiger partial charge in [0.2, 0.25) is 0 Å². The van der Waals surface area contributed by atoms with Gasteiger partial charge in [-0.25, -0.2) is 14.5 Å². The molecule has 3 aromatic rings. The minimum atomic E-state index is -1.00. The lowest BCUT2D eigenvalue weighted by Gasteiger charge is -2.26. The summed E-state index contributed by atoms with van der Waals surface area (Å²) >= 11 is 12.9. The fourth-order valence-corrected chi connectivity index (χ4v) is 4.91. The number of aryl methyl sites for hydroxylation is 1. The summed E-state index contributed by atoms with van der Waals surface area (Å²) in [4.78, 5) is 24.0. The number of nitrogens with zero attached hydrogens (tertiary/aromatic N) is 3. The molecular formula is C27H29Cl2N5O3. The molecule has 10 heteroatoms. The number of hydrazine groups is 1. The number of rotatable bonds is 8. The van der Waals surface area contributed by atoms with E-state index in [4.69, 9.17) is 33.4 Å². The molecule has 0 aliphatic carbocycles. The van der Waals surface area contributed by atoms with E-state index in [0.29, 0.717) is 39.1 Å². The highest BCUT2D eigenvalue weighted by Gasteiger charge is 2.25. The molecule has 4 rings (SSSR count). The molecule has 1 aromatic heterocycles. The Labute approximate surface area is 225 Å². The van der Waals surface area contributed by atoms with E-state index in [0.717, 1.165) is 48.9 Å². The average molecular weight is 542 g/mol. The third-order valence-electron chi connectivity index (χ3n) is 6.25. The van der Waals surface area contributed by atoms with Crippen molar-refractivity contribution in [2.45, 2.75) is 33.1 Å². The number of aromatic nitrogens is 2. The van der Waals surface area contributed by atoms with E-state index in [2.05, 4.69) is 10.7 Å². The number of benzene rings is 2. The van der Waals surface area contributed by atoms with Crippen LogP contribution >= 0.6 is 23.2 Å². The zero-order valence-corrected chi connectivity index (χ0v) is 22.2. The van der Waals surface area contributed by atoms with Gasteiger partial charge in [0.05, 0.1) is 16.4 Å². The first-order valence-corrected chi connectivity index (χ1v) is 12.9. The number of hydrogen-bond acceptors (Lipinski definition) is 5. The second-order valence-electron chi connectivity index (χ2n) is 8.97. The highest BCUT2D eigenvalue weighted by Crippen LogP contribution is 2.36. The maximum absolute atomic E-state index is 13.3. The first-order chi connectivity index (χ1) is 17.7. The van der Waals surface area contributed by atoms with Crippen molar-refractivity contribution in [3.8, 4) is 16.9 Å². The van der Waals surface area contributed by atoms with Gasteiger partial charge in [0, 0.05) is 47.5 Å². The molecule has 1 aliphatic rings. The van der Waals surface area contributed by atoms with Gasteiger partial charge in [-0.2, -0.15) is 5.10 Å². The lowest BCUT2D eigenvalue weighted by molar-refractivity contribution is -0.131. The Bertz CT molecular complexity index is 1350. The van der Waals surface area contributed by atoms with Crippen molar-refractivity contribution in [2.75, 3.05) is 25.0 Å². The van der Waals surface area contributed by atoms with Crippen molar-refractivity contribution >= 4 is 40.8 Å². The largest absolute Gasteiger partial charge is 0.478 e. The van der Waals surface area contributed by atoms with Gasteiger partial charge < -0.3 is 10.4 Å². The molecule has 0 radical (unpaired) electrons. The molecule has 2 aromatic carbocycles. The van der Waals surface area contributed by atoms with Crippen LogP contribution in [0.4, 0.5) is 5.69 Å². The molecule has 2 heterocycles. The van der Waals surface area contributed by atoms with Gasteiger partial charge >= 0.3 is 5.97 Å². The Hall–Kier alpha value is -3.33. The summed E-state index contributed by atoms with van der Waals surface area (Å²) in [5.41, 5.74) is 7.88. The van der Waals surface area contributed by atoms with E-state index in [9.17, 15) is 9.59 Å². The molecule has 1 saturated heterocycles. The van der Waals surface area contributed by atoms with Crippen LogP contribution in [0.1, 0.15) is 40.9 Å². The number of carboxylic acid groups (broad SMARTS) is 1. The van der Waals surface area contributed by atoms with Crippen LogP contribution in [0.3, 0.4) is 0 Å². The minimum absolute atomic E-state index is 0.259. The molecule has 37 heavy (non-hydrogen) atoms. The van der Waals surface area contributed by atoms with Crippen LogP contribution in [-0.4, -0.2) is 51.4 Å². The summed E-state index contributed by atoms with van der Waals surface area (Å²) in [5.74, 6) is -1.26. The predicted molar refractivity (Wildman–Crippen MR) is 147 cm³/mol. The molecule has 0 saturated carbocycles. The number of hydrogen-bond donors (Lipinski definition) is 3. The van der Waals surface area contributed by atoms with Gasteiger partial charge in [-0.15, -0.1) is 0 Å². The molecule has 0 bridgehead atoms. The summed E-state index contributed by atoms with van der Waals surface area (Å²) in [7, 11) is 0. The second kappa shape index (κ2) is 11.8. The summed E-state index contributed by atoms with van der Waals surface area (Å²) < 4.78 is 1.75. The zero-order chi connectivity index (χ0) is 26.5. The Morgan fingerprint density at radius 3 is 2.51 bits per heavy atom. The van der Waals surface area contributed by atoms with Crippen LogP contribution in [0.25, 0.3) is 16.9 Å². The van der Waals surface area contributed by atoms with Gasteiger partial charge in [-0.05, 0) is 68.7 Å². The van der Waals surface area contributed by atoms with Crippen LogP contribution in [0, 0.1) is 13.8 Å². The van der Waals surface area contributed by atoms with Crippen molar-refractivity contribution < 1.29 is 14.7 Å². The first-order valence-electron chi connectivity index (χ1n) is 12.1. The number of aliphatic carboxylic acids is 1. The number of nitrogens with one attached hydrogen (secondary N) is 2. The Morgan fingerprint density at radius 1 is 1.08 bits per heavy atom. The maximum atomic E-state index is 13.3. The van der Waals surface area contributed by atoms with E-state index in [1.165, 1.54) is 12.5 Å². The van der Waals surface area contributed by atoms with Crippen LogP contribution in [0.5, 0.6) is 0 Å². The Kier molecular flexibility index (Phi) is 8.53. The van der Waals surface area contributed by atoms with Gasteiger partial charge in [-0.3, -0.25) is 10.2 Å². The van der Waals surface area contributed by atoms with Gasteiger partial charge in [0.1, 0.15) is 0 Å². The van der Waals surface area contributed by atoms with Crippen molar-refractivity contribution in [2.24, 2.45) is 0 Å². The maximum Gasteiger partial charge on any atom is 0.328 e. The minimum Gasteiger partial charge on any atom is -0.478 e. The van der Waals surface area contributed by atoms with Crippen molar-refractivity contribution in [1.82, 2.24) is 20.2 Å². The molecule has 1 fully saturated rings. The van der Waals surface area contributed by atoms with E-state index in [1.54, 1.807) is 16.8 Å². The van der Waals surface area contributed by atoms with E-state index < -0.39 is 5.97 Å². The van der Waals surface area contributed by atoms with Crippen LogP contribution < -0.4 is 10.7 Å². The normalized spacial score (nSPS) is 14.2. The number of halogens is 2. The van der Waals surface area contributed by atoms with E-state index >= 15 is 0 Å². The molecule has 0 spiro atoms. The van der Waals surface area contributed by atoms with Crippen molar-refractivity contribution in [1.29, 1.82) is 0 Å². The fraction of sp³-hybridized carbons (Fsp3) is 0.296. The second-order valence-corrected chi connectivity index (χ2v) is 9.81. The summed E-state index contributed by atoms with van der Waals surface area (Å²) in [6.45, 7) is 5.78. The lowest BCUT2D eigenvalue weighted by Crippen LogP contribution is -2.45. The number of amides is 1. The van der Waals surface area contributed by atoms with E-state index in [1.807, 2.05) is 43.1 Å². The number of anilines is 1. The third-order valence-corrected chi connectivity index (χ3v) is 6.80. The average Bonchev–Trinajstić information content (AvgIpc) is 3.19. The summed E-state index contributed by atoms with van der Waals surface area (Å²) in [6.07, 6.45) is 5.85. The SMILES string of the molecule is Cc1cc(Cl)ccc1-n1nc(C(=O)NN2CCCCC2)c(C)c1-c1ccc(NC/C=C/C(=O)O)cc1Cl. The smallest absolute Gasteiger partial charge is 0.328 e. The fourth-order valence-electron chi connectivity index (χ4n) is 4.41. The van der Waals surface area contributed by atoms with Crippen molar-refractivity contribution in [3.05, 3.63) is 75.4 Å². The van der Waals surface area contributed by atoms with Gasteiger partial charge in [-0.1, -0.05) is 35.7 Å². The zero-order valence-electron chi connectivity index (χ0n) is 20.7. The number of carbonyl (C=O) groups is 2. The first kappa shape index (κ1) is 26.7. The number of carbonyl (C=O) groups excluding carboxylic acids is 1. The highest BCUT2D eigenvalue weighted by molar-refractivity contribution is 6.33. The monoisotopic (exact) mass is 541 g/mol. The molecule has 1 amide bonds. The molecule has 3 N–H and O–H groups in total. The number of carboxylic acids is 1. The summed E-state index contributed by atoms with van der Waals surface area (Å²) in [6, 6.07) is 11.0.